The van der Waals surface area contributed by atoms with Gasteiger partial charge in [-0.05, 0) is 36.1 Å². The number of nitrogens with zero attached hydrogens (tertiary/aromatic N) is 1. The van der Waals surface area contributed by atoms with Gasteiger partial charge in [0.1, 0.15) is 11.5 Å². The van der Waals surface area contributed by atoms with Crippen LogP contribution in [0.2, 0.25) is 0 Å². The van der Waals surface area contributed by atoms with Gasteiger partial charge in [0.05, 0.1) is 4.88 Å². The Morgan fingerprint density at radius 2 is 2.06 bits per heavy atom. The van der Waals surface area contributed by atoms with E-state index in [0.29, 0.717) is 17.0 Å². The Kier molecular flexibility index (Phi) is 2.72. The molecule has 0 bridgehead atoms. The minimum atomic E-state index is -0.291. The van der Waals surface area contributed by atoms with Gasteiger partial charge in [-0.1, -0.05) is 17.3 Å². The first-order valence-corrected chi connectivity index (χ1v) is 6.40. The molecule has 2 heterocycles. The second kappa shape index (κ2) is 4.38. The van der Waals surface area contributed by atoms with Crippen molar-refractivity contribution in [2.24, 2.45) is 0 Å². The normalized spacial score (nSPS) is 10.8. The first-order valence-electron chi connectivity index (χ1n) is 5.52. The Labute approximate surface area is 108 Å². The highest BCUT2D eigenvalue weighted by Gasteiger charge is 2.13. The van der Waals surface area contributed by atoms with Crippen LogP contribution < -0.4 is 0 Å². The van der Waals surface area contributed by atoms with E-state index in [0.717, 1.165) is 10.4 Å². The topological polar surface area (TPSA) is 26.0 Å². The molecule has 90 valence electrons. The van der Waals surface area contributed by atoms with Crippen LogP contribution in [0.25, 0.3) is 21.9 Å². The van der Waals surface area contributed by atoms with E-state index >= 15 is 0 Å². The van der Waals surface area contributed by atoms with Gasteiger partial charge in [0.15, 0.2) is 5.76 Å². The van der Waals surface area contributed by atoms with Gasteiger partial charge in [0.25, 0.3) is 0 Å². The van der Waals surface area contributed by atoms with Crippen LogP contribution >= 0.6 is 11.3 Å². The molecule has 1 aromatic carbocycles. The molecule has 0 unspecified atom stereocenters. The van der Waals surface area contributed by atoms with E-state index in [4.69, 9.17) is 4.52 Å². The lowest BCUT2D eigenvalue weighted by Gasteiger charge is -1.95. The van der Waals surface area contributed by atoms with Crippen LogP contribution in [0.3, 0.4) is 0 Å². The van der Waals surface area contributed by atoms with Crippen LogP contribution in [0.5, 0.6) is 0 Å². The zero-order valence-corrected chi connectivity index (χ0v) is 10.5. The predicted molar refractivity (Wildman–Crippen MR) is 69.9 cm³/mol. The molecule has 4 heteroatoms. The van der Waals surface area contributed by atoms with E-state index in [1.54, 1.807) is 35.6 Å². The lowest BCUT2D eigenvalue weighted by Crippen LogP contribution is -1.82. The molecule has 0 radical (unpaired) electrons. The summed E-state index contributed by atoms with van der Waals surface area (Å²) in [4.78, 5) is 1.03. The molecule has 18 heavy (non-hydrogen) atoms. The summed E-state index contributed by atoms with van der Waals surface area (Å²) >= 11 is 1.59. The summed E-state index contributed by atoms with van der Waals surface area (Å²) in [6, 6.07) is 10.3. The van der Waals surface area contributed by atoms with E-state index in [1.165, 1.54) is 6.07 Å². The second-order valence-corrected chi connectivity index (χ2v) is 4.91. The minimum absolute atomic E-state index is 0.291. The molecule has 0 N–H and O–H groups in total. The third-order valence-corrected chi connectivity index (χ3v) is 3.78. The highest BCUT2D eigenvalue weighted by molar-refractivity contribution is 7.13. The first kappa shape index (κ1) is 11.2. The standard InChI is InChI=1S/C14H10FNOS/c1-9-6-7-18-14(9)13-8-12(16-17-13)10-4-2-3-5-11(10)15/h2-8H,1H3. The SMILES string of the molecule is Cc1ccsc1-c1cc(-c2ccccc2F)no1. The lowest BCUT2D eigenvalue weighted by molar-refractivity contribution is 0.435. The maximum atomic E-state index is 13.6. The molecule has 3 rings (SSSR count). The molecule has 0 saturated carbocycles. The summed E-state index contributed by atoms with van der Waals surface area (Å²) in [7, 11) is 0. The van der Waals surface area contributed by atoms with Crippen molar-refractivity contribution in [3.8, 4) is 21.9 Å². The third-order valence-electron chi connectivity index (χ3n) is 2.75. The molecule has 0 aliphatic carbocycles. The van der Waals surface area contributed by atoms with Gasteiger partial charge in [0.2, 0.25) is 0 Å². The second-order valence-electron chi connectivity index (χ2n) is 3.99. The van der Waals surface area contributed by atoms with Crippen LogP contribution in [0, 0.1) is 12.7 Å². The molecule has 3 aromatic rings. The summed E-state index contributed by atoms with van der Waals surface area (Å²) < 4.78 is 18.9. The zero-order valence-electron chi connectivity index (χ0n) is 9.68. The number of rotatable bonds is 2. The van der Waals surface area contributed by atoms with Gasteiger partial charge in [-0.25, -0.2) is 4.39 Å². The Bertz CT molecular complexity index is 686. The van der Waals surface area contributed by atoms with Crippen LogP contribution in [-0.2, 0) is 0 Å². The fraction of sp³-hybridized carbons (Fsp3) is 0.0714. The van der Waals surface area contributed by atoms with Crippen molar-refractivity contribution in [1.82, 2.24) is 5.16 Å². The van der Waals surface area contributed by atoms with Crippen molar-refractivity contribution in [2.75, 3.05) is 0 Å². The third kappa shape index (κ3) is 1.84. The van der Waals surface area contributed by atoms with Crippen molar-refractivity contribution >= 4 is 11.3 Å². The van der Waals surface area contributed by atoms with Gasteiger partial charge in [-0.15, -0.1) is 11.3 Å². The summed E-state index contributed by atoms with van der Waals surface area (Å²) in [5.74, 6) is 0.390. The molecule has 2 aromatic heterocycles. The predicted octanol–water partition coefficient (Wildman–Crippen LogP) is 4.52. The number of halogens is 1. The fourth-order valence-electron chi connectivity index (χ4n) is 1.80. The quantitative estimate of drug-likeness (QED) is 0.676. The lowest BCUT2D eigenvalue weighted by atomic mass is 10.1. The molecule has 0 atom stereocenters. The Morgan fingerprint density at radius 1 is 1.22 bits per heavy atom. The number of hydrogen-bond donors (Lipinski definition) is 0. The molecule has 2 nitrogen and oxygen atoms in total. The van der Waals surface area contributed by atoms with E-state index < -0.39 is 0 Å². The number of hydrogen-bond acceptors (Lipinski definition) is 3. The van der Waals surface area contributed by atoms with Crippen molar-refractivity contribution in [1.29, 1.82) is 0 Å². The van der Waals surface area contributed by atoms with Gasteiger partial charge >= 0.3 is 0 Å². The molecule has 0 amide bonds. The summed E-state index contributed by atoms with van der Waals surface area (Å²) in [5, 5.41) is 5.93. The van der Waals surface area contributed by atoms with E-state index in [2.05, 4.69) is 5.16 Å². The Balaban J connectivity index is 2.05. The van der Waals surface area contributed by atoms with Crippen molar-refractivity contribution in [3.63, 3.8) is 0 Å². The zero-order chi connectivity index (χ0) is 12.5. The molecular formula is C14H10FNOS. The highest BCUT2D eigenvalue weighted by Crippen LogP contribution is 2.32. The van der Waals surface area contributed by atoms with Crippen LogP contribution in [-0.4, -0.2) is 5.16 Å². The van der Waals surface area contributed by atoms with Gasteiger partial charge < -0.3 is 4.52 Å². The summed E-state index contributed by atoms with van der Waals surface area (Å²) in [5.41, 5.74) is 2.12. The van der Waals surface area contributed by atoms with E-state index in [-0.39, 0.29) is 5.82 Å². The average Bonchev–Trinajstić information content (AvgIpc) is 2.98. The Hall–Kier alpha value is -1.94. The molecular weight excluding hydrogens is 249 g/mol. The Morgan fingerprint density at radius 3 is 2.78 bits per heavy atom. The van der Waals surface area contributed by atoms with Crippen LogP contribution in [0.1, 0.15) is 5.56 Å². The maximum Gasteiger partial charge on any atom is 0.177 e. The van der Waals surface area contributed by atoms with E-state index in [1.807, 2.05) is 18.4 Å². The molecule has 0 fully saturated rings. The molecule has 0 aliphatic heterocycles. The van der Waals surface area contributed by atoms with Crippen molar-refractivity contribution in [2.45, 2.75) is 6.92 Å². The van der Waals surface area contributed by atoms with Crippen molar-refractivity contribution in [3.05, 3.63) is 53.2 Å². The monoisotopic (exact) mass is 259 g/mol. The smallest absolute Gasteiger partial charge is 0.177 e. The number of aromatic nitrogens is 1. The fourth-order valence-corrected chi connectivity index (χ4v) is 2.68. The minimum Gasteiger partial charge on any atom is -0.355 e. The van der Waals surface area contributed by atoms with Gasteiger partial charge in [0, 0.05) is 11.6 Å². The number of benzene rings is 1. The summed E-state index contributed by atoms with van der Waals surface area (Å²) in [6.45, 7) is 2.01. The molecule has 0 spiro atoms. The highest BCUT2D eigenvalue weighted by atomic mass is 32.1. The summed E-state index contributed by atoms with van der Waals surface area (Å²) in [6.07, 6.45) is 0. The average molecular weight is 259 g/mol. The first-order chi connectivity index (χ1) is 8.75. The van der Waals surface area contributed by atoms with Gasteiger partial charge in [-0.3, -0.25) is 0 Å². The maximum absolute atomic E-state index is 13.6. The van der Waals surface area contributed by atoms with Crippen LogP contribution in [0.4, 0.5) is 4.39 Å². The van der Waals surface area contributed by atoms with E-state index in [9.17, 15) is 4.39 Å². The molecule has 0 saturated heterocycles. The number of aryl methyl sites for hydroxylation is 1. The number of thiophene rings is 1. The van der Waals surface area contributed by atoms with Crippen molar-refractivity contribution < 1.29 is 8.91 Å². The largest absolute Gasteiger partial charge is 0.355 e. The molecule has 0 aliphatic rings. The van der Waals surface area contributed by atoms with Gasteiger partial charge in [-0.2, -0.15) is 0 Å². The van der Waals surface area contributed by atoms with Crippen LogP contribution in [0.15, 0.2) is 46.3 Å².